The third kappa shape index (κ3) is 3.92. The Balaban J connectivity index is 0.00000228. The summed E-state index contributed by atoms with van der Waals surface area (Å²) in [6.45, 7) is 1.99. The van der Waals surface area contributed by atoms with Crippen LogP contribution in [0.15, 0.2) is 91.3 Å². The van der Waals surface area contributed by atoms with Crippen molar-refractivity contribution >= 4 is 27.5 Å². The number of nitrogens with zero attached hydrogens (tertiary/aromatic N) is 3. The average Bonchev–Trinajstić information content (AvgIpc) is 3.41. The van der Waals surface area contributed by atoms with E-state index in [9.17, 15) is 0 Å². The van der Waals surface area contributed by atoms with E-state index in [2.05, 4.69) is 53.1 Å². The van der Waals surface area contributed by atoms with E-state index in [0.717, 1.165) is 33.2 Å². The number of para-hydroxylation sites is 2. The first-order chi connectivity index (χ1) is 15.8. The summed E-state index contributed by atoms with van der Waals surface area (Å²) < 4.78 is 8.38. The van der Waals surface area contributed by atoms with Gasteiger partial charge < -0.3 is 19.1 Å². The minimum absolute atomic E-state index is 0. The molecule has 4 nitrogen and oxygen atoms in total. The van der Waals surface area contributed by atoms with Crippen molar-refractivity contribution in [2.24, 2.45) is 0 Å². The summed E-state index contributed by atoms with van der Waals surface area (Å²) in [5, 5.41) is 2.27. The van der Waals surface area contributed by atoms with Crippen LogP contribution in [0.25, 0.3) is 27.5 Å². The number of hydrogen-bond acceptors (Lipinski definition) is 3. The molecule has 1 aliphatic heterocycles. The van der Waals surface area contributed by atoms with Crippen LogP contribution < -0.4 is 9.64 Å². The van der Waals surface area contributed by atoms with Crippen LogP contribution in [0.4, 0.5) is 5.69 Å². The Kier molecular flexibility index (Phi) is 5.70. The molecule has 5 heteroatoms. The zero-order chi connectivity index (χ0) is 21.5. The molecule has 5 aromatic rings. The standard InChI is InChI=1S/C28H19N3O.Pt/c1-29-16-17-30(20-29)22-10-7-11-23(18-22)32-24-14-15-28-26(19-24)25-12-5-6-13-27(25)31(28)21-8-3-2-4-9-21;/h2-8,10-13,15-17,19-20H,1H3;/q-4;+4. The molecule has 0 radical (unpaired) electrons. The monoisotopic (exact) mass is 608 g/mol. The van der Waals surface area contributed by atoms with Crippen molar-refractivity contribution in [3.8, 4) is 17.2 Å². The minimum Gasteiger partial charge on any atom is -0.510 e. The van der Waals surface area contributed by atoms with E-state index in [1.54, 1.807) is 0 Å². The summed E-state index contributed by atoms with van der Waals surface area (Å²) in [6, 6.07) is 36.3. The first-order valence-corrected chi connectivity index (χ1v) is 10.4. The van der Waals surface area contributed by atoms with Gasteiger partial charge in [-0.3, -0.25) is 0 Å². The van der Waals surface area contributed by atoms with Gasteiger partial charge in [-0.25, -0.2) is 0 Å². The van der Waals surface area contributed by atoms with E-state index < -0.39 is 0 Å². The molecule has 0 unspecified atom stereocenters. The van der Waals surface area contributed by atoms with E-state index in [0.29, 0.717) is 11.5 Å². The smallest absolute Gasteiger partial charge is 0.510 e. The third-order valence-corrected chi connectivity index (χ3v) is 5.53. The summed E-state index contributed by atoms with van der Waals surface area (Å²) in [5.74, 6) is 1.30. The largest absolute Gasteiger partial charge is 4.00 e. The molecule has 0 spiro atoms. The molecule has 162 valence electrons. The minimum atomic E-state index is 0. The molecule has 0 N–H and O–H groups in total. The maximum absolute atomic E-state index is 6.17. The Bertz CT molecular complexity index is 1460. The van der Waals surface area contributed by atoms with Crippen molar-refractivity contribution in [3.05, 3.63) is 116 Å². The summed E-state index contributed by atoms with van der Waals surface area (Å²) >= 11 is 0. The summed E-state index contributed by atoms with van der Waals surface area (Å²) in [5.41, 5.74) is 4.12. The topological polar surface area (TPSA) is 20.6 Å². The van der Waals surface area contributed by atoms with Gasteiger partial charge in [-0.15, -0.1) is 48.2 Å². The Morgan fingerprint density at radius 1 is 0.788 bits per heavy atom. The summed E-state index contributed by atoms with van der Waals surface area (Å²) in [7, 11) is 1.99. The van der Waals surface area contributed by atoms with Crippen LogP contribution >= 0.6 is 0 Å². The molecule has 1 aliphatic rings. The van der Waals surface area contributed by atoms with Crippen molar-refractivity contribution in [3.63, 3.8) is 0 Å². The Labute approximate surface area is 207 Å². The molecule has 0 saturated heterocycles. The van der Waals surface area contributed by atoms with Crippen LogP contribution in [0.3, 0.4) is 0 Å². The van der Waals surface area contributed by atoms with Crippen LogP contribution in [0.2, 0.25) is 0 Å². The Morgan fingerprint density at radius 2 is 1.64 bits per heavy atom. The van der Waals surface area contributed by atoms with Crippen LogP contribution in [0.5, 0.6) is 11.5 Å². The van der Waals surface area contributed by atoms with E-state index in [1.807, 2.05) is 84.4 Å². The van der Waals surface area contributed by atoms with Gasteiger partial charge >= 0.3 is 21.1 Å². The number of anilines is 1. The second-order valence-corrected chi connectivity index (χ2v) is 7.69. The van der Waals surface area contributed by atoms with Gasteiger partial charge in [0.1, 0.15) is 0 Å². The SMILES string of the molecule is CN1C=CN(c2[c-]c(Oc3[c-]cc4c(c3)c3ccccc3n4-c3[c-]cccc3)ccc2)[CH-]1.[Pt+4]. The Morgan fingerprint density at radius 3 is 2.45 bits per heavy atom. The molecule has 1 aromatic heterocycles. The molecule has 0 fully saturated rings. The van der Waals surface area contributed by atoms with Gasteiger partial charge in [0.25, 0.3) is 0 Å². The van der Waals surface area contributed by atoms with E-state index in [1.165, 1.54) is 0 Å². The van der Waals surface area contributed by atoms with Gasteiger partial charge in [-0.2, -0.15) is 37.0 Å². The normalized spacial score (nSPS) is 13.0. The first kappa shape index (κ1) is 21.4. The number of fused-ring (bicyclic) bond motifs is 3. The first-order valence-electron chi connectivity index (χ1n) is 10.4. The molecule has 4 aromatic carbocycles. The molecule has 33 heavy (non-hydrogen) atoms. The predicted molar refractivity (Wildman–Crippen MR) is 127 cm³/mol. The van der Waals surface area contributed by atoms with Gasteiger partial charge in [-0.05, 0) is 30.9 Å². The summed E-state index contributed by atoms with van der Waals surface area (Å²) in [6.07, 6.45) is 3.98. The fourth-order valence-corrected chi connectivity index (χ4v) is 4.09. The molecular formula is C28H19N3OPt. The van der Waals surface area contributed by atoms with Crippen LogP contribution in [0.1, 0.15) is 0 Å². The van der Waals surface area contributed by atoms with Crippen LogP contribution in [-0.4, -0.2) is 16.5 Å². The zero-order valence-electron chi connectivity index (χ0n) is 17.8. The zero-order valence-corrected chi connectivity index (χ0v) is 20.1. The van der Waals surface area contributed by atoms with E-state index >= 15 is 0 Å². The average molecular weight is 609 g/mol. The van der Waals surface area contributed by atoms with Crippen molar-refractivity contribution in [1.82, 2.24) is 9.47 Å². The van der Waals surface area contributed by atoms with Crippen molar-refractivity contribution in [2.45, 2.75) is 0 Å². The molecule has 0 aliphatic carbocycles. The molecule has 0 bridgehead atoms. The molecular weight excluding hydrogens is 589 g/mol. The second kappa shape index (κ2) is 8.80. The predicted octanol–water partition coefficient (Wildman–Crippen LogP) is 6.32. The summed E-state index contributed by atoms with van der Waals surface area (Å²) in [4.78, 5) is 3.99. The number of aromatic nitrogens is 1. The Hall–Kier alpha value is -3.49. The van der Waals surface area contributed by atoms with E-state index in [-0.39, 0.29) is 21.1 Å². The fourth-order valence-electron chi connectivity index (χ4n) is 4.09. The van der Waals surface area contributed by atoms with Crippen LogP contribution in [-0.2, 0) is 21.1 Å². The quantitative estimate of drug-likeness (QED) is 0.223. The fraction of sp³-hybridized carbons (Fsp3) is 0.0357. The number of hydrogen-bond donors (Lipinski definition) is 0. The van der Waals surface area contributed by atoms with E-state index in [4.69, 9.17) is 4.74 Å². The van der Waals surface area contributed by atoms with Gasteiger partial charge in [0, 0.05) is 17.0 Å². The number of rotatable bonds is 4. The molecule has 0 amide bonds. The van der Waals surface area contributed by atoms with Crippen LogP contribution in [0, 0.1) is 24.9 Å². The van der Waals surface area contributed by atoms with Gasteiger partial charge in [0.2, 0.25) is 0 Å². The van der Waals surface area contributed by atoms with Crippen molar-refractivity contribution < 1.29 is 25.8 Å². The van der Waals surface area contributed by atoms with Crippen molar-refractivity contribution in [2.75, 3.05) is 11.9 Å². The van der Waals surface area contributed by atoms with Crippen molar-refractivity contribution in [1.29, 1.82) is 0 Å². The van der Waals surface area contributed by atoms with Gasteiger partial charge in [0.05, 0.1) is 0 Å². The molecule has 0 atom stereocenters. The van der Waals surface area contributed by atoms with Gasteiger partial charge in [0.15, 0.2) is 0 Å². The third-order valence-electron chi connectivity index (χ3n) is 5.53. The maximum Gasteiger partial charge on any atom is 4.00 e. The molecule has 6 rings (SSSR count). The maximum atomic E-state index is 6.17. The van der Waals surface area contributed by atoms with Gasteiger partial charge in [-0.1, -0.05) is 34.8 Å². The number of ether oxygens (including phenoxy) is 1. The second-order valence-electron chi connectivity index (χ2n) is 7.69. The number of benzene rings is 4. The molecule has 0 saturated carbocycles. The molecule has 2 heterocycles.